The van der Waals surface area contributed by atoms with Crippen LogP contribution >= 0.6 is 0 Å². The summed E-state index contributed by atoms with van der Waals surface area (Å²) in [5.41, 5.74) is 1.66. The van der Waals surface area contributed by atoms with Crippen molar-refractivity contribution in [2.24, 2.45) is 0 Å². The highest BCUT2D eigenvalue weighted by Gasteiger charge is 2.34. The molecule has 0 bridgehead atoms. The molecule has 2 aromatic rings. The lowest BCUT2D eigenvalue weighted by Crippen LogP contribution is -2.52. The molecule has 1 unspecified atom stereocenters. The Morgan fingerprint density at radius 1 is 1.33 bits per heavy atom. The van der Waals surface area contributed by atoms with Gasteiger partial charge in [-0.1, -0.05) is 12.1 Å². The van der Waals surface area contributed by atoms with Crippen molar-refractivity contribution in [1.29, 1.82) is 0 Å². The molecule has 1 aliphatic heterocycles. The number of morpholine rings is 1. The zero-order chi connectivity index (χ0) is 15.0. The van der Waals surface area contributed by atoms with Gasteiger partial charge in [0.05, 0.1) is 13.2 Å². The largest absolute Gasteiger partial charge is 0.480 e. The van der Waals surface area contributed by atoms with E-state index in [9.17, 15) is 14.7 Å². The van der Waals surface area contributed by atoms with Crippen LogP contribution in [-0.2, 0) is 9.53 Å². The molecule has 1 fully saturated rings. The zero-order valence-electron chi connectivity index (χ0n) is 11.5. The third-order valence-electron chi connectivity index (χ3n) is 3.56. The fourth-order valence-corrected chi connectivity index (χ4v) is 2.44. The van der Waals surface area contributed by atoms with Gasteiger partial charge in [-0.15, -0.1) is 0 Å². The molecule has 1 atom stereocenters. The Bertz CT molecular complexity index is 705. The smallest absolute Gasteiger partial charge is 0.328 e. The average molecular weight is 289 g/mol. The van der Waals surface area contributed by atoms with Crippen LogP contribution in [0.4, 0.5) is 0 Å². The number of carbonyl (C=O) groups is 2. The summed E-state index contributed by atoms with van der Waals surface area (Å²) in [5.74, 6) is -1.33. The molecule has 2 heterocycles. The summed E-state index contributed by atoms with van der Waals surface area (Å²) in [5, 5.41) is 10.00. The molecule has 110 valence electrons. The minimum Gasteiger partial charge on any atom is -0.480 e. The summed E-state index contributed by atoms with van der Waals surface area (Å²) in [6, 6.07) is 6.33. The molecule has 1 aromatic carbocycles. The van der Waals surface area contributed by atoms with Crippen molar-refractivity contribution in [3.8, 4) is 0 Å². The molecular weight excluding hydrogens is 274 g/mol. The van der Waals surface area contributed by atoms with Gasteiger partial charge in [-0.3, -0.25) is 4.79 Å². The lowest BCUT2D eigenvalue weighted by molar-refractivity contribution is -0.147. The number of hydrogen-bond acceptors (Lipinski definition) is 4. The summed E-state index contributed by atoms with van der Waals surface area (Å²) in [7, 11) is 0. The van der Waals surface area contributed by atoms with Crippen LogP contribution in [0.2, 0.25) is 0 Å². The quantitative estimate of drug-likeness (QED) is 0.909. The highest BCUT2D eigenvalue weighted by Crippen LogP contribution is 2.23. The average Bonchev–Trinajstić information content (AvgIpc) is 2.89. The first-order valence-corrected chi connectivity index (χ1v) is 6.68. The number of ether oxygens (including phenoxy) is 1. The summed E-state index contributed by atoms with van der Waals surface area (Å²) in [6.07, 6.45) is 0. The third-order valence-corrected chi connectivity index (χ3v) is 3.56. The molecule has 0 radical (unpaired) electrons. The fourth-order valence-electron chi connectivity index (χ4n) is 2.44. The van der Waals surface area contributed by atoms with Crippen LogP contribution in [0.5, 0.6) is 0 Å². The maximum absolute atomic E-state index is 12.5. The molecular formula is C15H15NO5. The molecule has 6 heteroatoms. The molecule has 1 N–H and O–H groups in total. The molecule has 6 nitrogen and oxygen atoms in total. The number of carbonyl (C=O) groups excluding carboxylic acids is 1. The molecule has 1 aliphatic rings. The van der Waals surface area contributed by atoms with Crippen LogP contribution in [0.25, 0.3) is 11.0 Å². The van der Waals surface area contributed by atoms with Gasteiger partial charge in [-0.25, -0.2) is 4.79 Å². The number of carboxylic acids is 1. The first-order chi connectivity index (χ1) is 10.1. The van der Waals surface area contributed by atoms with Crippen molar-refractivity contribution in [3.05, 3.63) is 35.6 Å². The fraction of sp³-hybridized carbons (Fsp3) is 0.333. The van der Waals surface area contributed by atoms with Crippen molar-refractivity contribution >= 4 is 22.8 Å². The van der Waals surface area contributed by atoms with E-state index in [-0.39, 0.29) is 18.9 Å². The van der Waals surface area contributed by atoms with Gasteiger partial charge >= 0.3 is 5.97 Å². The number of amides is 1. The van der Waals surface area contributed by atoms with Crippen LogP contribution < -0.4 is 0 Å². The van der Waals surface area contributed by atoms with E-state index in [0.717, 1.165) is 10.9 Å². The van der Waals surface area contributed by atoms with E-state index >= 15 is 0 Å². The number of furan rings is 1. The zero-order valence-corrected chi connectivity index (χ0v) is 11.5. The van der Waals surface area contributed by atoms with Crippen LogP contribution in [0.15, 0.2) is 28.7 Å². The van der Waals surface area contributed by atoms with Crippen molar-refractivity contribution in [2.75, 3.05) is 19.8 Å². The topological polar surface area (TPSA) is 80.0 Å². The summed E-state index contributed by atoms with van der Waals surface area (Å²) >= 11 is 0. The maximum Gasteiger partial charge on any atom is 0.328 e. The van der Waals surface area contributed by atoms with Gasteiger partial charge in [0.15, 0.2) is 11.8 Å². The molecule has 1 aromatic heterocycles. The Morgan fingerprint density at radius 3 is 2.90 bits per heavy atom. The number of rotatable bonds is 2. The van der Waals surface area contributed by atoms with Crippen molar-refractivity contribution in [2.45, 2.75) is 13.0 Å². The second-order valence-electron chi connectivity index (χ2n) is 5.08. The number of hydrogen-bond donors (Lipinski definition) is 1. The number of benzene rings is 1. The molecule has 1 amide bonds. The van der Waals surface area contributed by atoms with Crippen molar-refractivity contribution in [3.63, 3.8) is 0 Å². The summed E-state index contributed by atoms with van der Waals surface area (Å²) in [6.45, 7) is 2.51. The van der Waals surface area contributed by atoms with Gasteiger partial charge in [0.2, 0.25) is 0 Å². The van der Waals surface area contributed by atoms with E-state index < -0.39 is 17.9 Å². The van der Waals surface area contributed by atoms with E-state index in [2.05, 4.69) is 0 Å². The minimum absolute atomic E-state index is 0.000407. The Hall–Kier alpha value is -2.34. The number of aliphatic carboxylic acids is 1. The summed E-state index contributed by atoms with van der Waals surface area (Å²) < 4.78 is 10.7. The Balaban J connectivity index is 1.93. The number of aryl methyl sites for hydroxylation is 1. The van der Waals surface area contributed by atoms with E-state index in [1.807, 2.05) is 25.1 Å². The van der Waals surface area contributed by atoms with Crippen LogP contribution in [0.3, 0.4) is 0 Å². The minimum atomic E-state index is -1.07. The lowest BCUT2D eigenvalue weighted by Gasteiger charge is -2.32. The predicted octanol–water partition coefficient (Wildman–Crippen LogP) is 1.67. The van der Waals surface area contributed by atoms with Crippen LogP contribution in [0.1, 0.15) is 16.1 Å². The highest BCUT2D eigenvalue weighted by molar-refractivity contribution is 5.98. The highest BCUT2D eigenvalue weighted by atomic mass is 16.5. The van der Waals surface area contributed by atoms with Crippen molar-refractivity contribution in [1.82, 2.24) is 4.90 Å². The van der Waals surface area contributed by atoms with Gasteiger partial charge < -0.3 is 19.2 Å². The van der Waals surface area contributed by atoms with E-state index in [1.54, 1.807) is 6.07 Å². The van der Waals surface area contributed by atoms with Crippen LogP contribution in [0, 0.1) is 6.92 Å². The van der Waals surface area contributed by atoms with Gasteiger partial charge in [0.1, 0.15) is 5.58 Å². The normalized spacial score (nSPS) is 18.9. The van der Waals surface area contributed by atoms with Gasteiger partial charge in [-0.05, 0) is 24.6 Å². The summed E-state index contributed by atoms with van der Waals surface area (Å²) in [4.78, 5) is 25.0. The first kappa shape index (κ1) is 13.6. The second-order valence-corrected chi connectivity index (χ2v) is 5.08. The lowest BCUT2D eigenvalue weighted by atomic mass is 10.2. The van der Waals surface area contributed by atoms with Crippen LogP contribution in [-0.4, -0.2) is 47.7 Å². The molecule has 1 saturated heterocycles. The molecule has 0 spiro atoms. The second kappa shape index (κ2) is 5.21. The van der Waals surface area contributed by atoms with E-state index in [1.165, 1.54) is 4.90 Å². The van der Waals surface area contributed by atoms with E-state index in [0.29, 0.717) is 12.2 Å². The SMILES string of the molecule is Cc1ccc2cc(C(=O)N3CCOCC3C(=O)O)oc2c1. The predicted molar refractivity (Wildman–Crippen MR) is 74.2 cm³/mol. The Morgan fingerprint density at radius 2 is 2.14 bits per heavy atom. The van der Waals surface area contributed by atoms with Crippen molar-refractivity contribution < 1.29 is 23.8 Å². The first-order valence-electron chi connectivity index (χ1n) is 6.68. The number of carboxylic acid groups (broad SMARTS) is 1. The molecule has 3 rings (SSSR count). The Labute approximate surface area is 120 Å². The monoisotopic (exact) mass is 289 g/mol. The van der Waals surface area contributed by atoms with Gasteiger partial charge in [0.25, 0.3) is 5.91 Å². The van der Waals surface area contributed by atoms with E-state index in [4.69, 9.17) is 9.15 Å². The molecule has 21 heavy (non-hydrogen) atoms. The number of fused-ring (bicyclic) bond motifs is 1. The molecule has 0 saturated carbocycles. The standard InChI is InChI=1S/C15H15NO5/c1-9-2-3-10-7-13(21-12(10)6-9)14(17)16-4-5-20-8-11(16)15(18)19/h2-3,6-7,11H,4-5,8H2,1H3,(H,18,19). The molecule has 0 aliphatic carbocycles. The number of nitrogens with zero attached hydrogens (tertiary/aromatic N) is 1. The maximum atomic E-state index is 12.5. The Kier molecular flexibility index (Phi) is 3.39. The van der Waals surface area contributed by atoms with Gasteiger partial charge in [0, 0.05) is 11.9 Å². The van der Waals surface area contributed by atoms with Gasteiger partial charge in [-0.2, -0.15) is 0 Å². The third kappa shape index (κ3) is 2.50.